The van der Waals surface area contributed by atoms with E-state index in [1.54, 1.807) is 29.2 Å². The zero-order chi connectivity index (χ0) is 20.3. The summed E-state index contributed by atoms with van der Waals surface area (Å²) in [5, 5.41) is -0.566. The molecule has 1 aliphatic rings. The Labute approximate surface area is 165 Å². The molecule has 0 atom stereocenters. The first-order valence-corrected chi connectivity index (χ1v) is 10.9. The van der Waals surface area contributed by atoms with Gasteiger partial charge in [-0.2, -0.15) is 0 Å². The van der Waals surface area contributed by atoms with E-state index in [0.29, 0.717) is 37.2 Å². The van der Waals surface area contributed by atoms with E-state index in [4.69, 9.17) is 4.74 Å². The molecule has 7 heteroatoms. The highest BCUT2D eigenvalue weighted by Gasteiger charge is 2.33. The Hall–Kier alpha value is -2.41. The lowest BCUT2D eigenvalue weighted by atomic mass is 10.1. The van der Waals surface area contributed by atoms with Crippen molar-refractivity contribution in [2.24, 2.45) is 0 Å². The third kappa shape index (κ3) is 4.52. The van der Waals surface area contributed by atoms with Gasteiger partial charge >= 0.3 is 0 Å². The van der Waals surface area contributed by atoms with E-state index in [0.717, 1.165) is 12.1 Å². The van der Waals surface area contributed by atoms with Crippen molar-refractivity contribution < 1.29 is 22.3 Å². The molecule has 28 heavy (non-hydrogen) atoms. The third-order valence-electron chi connectivity index (χ3n) is 4.78. The summed E-state index contributed by atoms with van der Waals surface area (Å²) in [6, 6.07) is 11.9. The van der Waals surface area contributed by atoms with E-state index >= 15 is 0 Å². The molecule has 1 fully saturated rings. The van der Waals surface area contributed by atoms with Gasteiger partial charge in [-0.1, -0.05) is 0 Å². The van der Waals surface area contributed by atoms with Crippen LogP contribution in [0, 0.1) is 5.82 Å². The van der Waals surface area contributed by atoms with Crippen LogP contribution in [0.5, 0.6) is 5.75 Å². The van der Waals surface area contributed by atoms with Crippen molar-refractivity contribution in [3.05, 3.63) is 59.9 Å². The molecule has 150 valence electrons. The number of halogens is 1. The van der Waals surface area contributed by atoms with E-state index in [9.17, 15) is 17.6 Å². The predicted octanol–water partition coefficient (Wildman–Crippen LogP) is 3.69. The Morgan fingerprint density at radius 1 is 1.04 bits per heavy atom. The number of nitrogens with zero attached hydrogens (tertiary/aromatic N) is 1. The summed E-state index contributed by atoms with van der Waals surface area (Å²) in [5.41, 5.74) is 0.552. The SMILES string of the molecule is CC(C)Oc1ccc(C(=O)N2CCC(S(=O)(=O)c3ccc(F)cc3)CC2)cc1. The highest BCUT2D eigenvalue weighted by atomic mass is 32.2. The van der Waals surface area contributed by atoms with Gasteiger partial charge in [0, 0.05) is 18.7 Å². The molecular formula is C21H24FNO4S. The summed E-state index contributed by atoms with van der Waals surface area (Å²) in [5.74, 6) is 0.119. The minimum Gasteiger partial charge on any atom is -0.491 e. The summed E-state index contributed by atoms with van der Waals surface area (Å²) < 4.78 is 44.1. The van der Waals surface area contributed by atoms with E-state index in [-0.39, 0.29) is 16.9 Å². The second-order valence-corrected chi connectivity index (χ2v) is 9.41. The first kappa shape index (κ1) is 20.3. The van der Waals surface area contributed by atoms with E-state index in [1.165, 1.54) is 12.1 Å². The number of hydrogen-bond acceptors (Lipinski definition) is 4. The monoisotopic (exact) mass is 405 g/mol. The Kier molecular flexibility index (Phi) is 6.03. The summed E-state index contributed by atoms with van der Waals surface area (Å²) in [6.45, 7) is 4.61. The van der Waals surface area contributed by atoms with Crippen LogP contribution in [-0.4, -0.2) is 43.7 Å². The fourth-order valence-electron chi connectivity index (χ4n) is 3.32. The lowest BCUT2D eigenvalue weighted by Gasteiger charge is -2.31. The number of likely N-dealkylation sites (tertiary alicyclic amines) is 1. The standard InChI is InChI=1S/C21H24FNO4S/c1-15(2)27-18-7-3-16(4-8-18)21(24)23-13-11-20(12-14-23)28(25,26)19-9-5-17(22)6-10-19/h3-10,15,20H,11-14H2,1-2H3. The van der Waals surface area contributed by atoms with Crippen LogP contribution >= 0.6 is 0 Å². The van der Waals surface area contributed by atoms with E-state index in [2.05, 4.69) is 0 Å². The van der Waals surface area contributed by atoms with Gasteiger partial charge < -0.3 is 9.64 Å². The molecule has 1 aliphatic heterocycles. The van der Waals surface area contributed by atoms with Gasteiger partial charge in [0.1, 0.15) is 11.6 Å². The molecule has 1 amide bonds. The zero-order valence-electron chi connectivity index (χ0n) is 16.0. The fourth-order valence-corrected chi connectivity index (χ4v) is 5.05. The molecule has 0 saturated carbocycles. The van der Waals surface area contributed by atoms with Crippen LogP contribution in [-0.2, 0) is 9.84 Å². The van der Waals surface area contributed by atoms with Crippen LogP contribution in [0.4, 0.5) is 4.39 Å². The minimum atomic E-state index is -3.53. The summed E-state index contributed by atoms with van der Waals surface area (Å²) in [7, 11) is -3.53. The topological polar surface area (TPSA) is 63.7 Å². The highest BCUT2D eigenvalue weighted by Crippen LogP contribution is 2.26. The molecule has 1 saturated heterocycles. The zero-order valence-corrected chi connectivity index (χ0v) is 16.8. The number of carbonyl (C=O) groups is 1. The minimum absolute atomic E-state index is 0.0589. The van der Waals surface area contributed by atoms with Crippen LogP contribution in [0.25, 0.3) is 0 Å². The summed E-state index contributed by atoms with van der Waals surface area (Å²) >= 11 is 0. The Bertz CT molecular complexity index is 916. The van der Waals surface area contributed by atoms with Crippen LogP contribution < -0.4 is 4.74 Å². The molecule has 2 aromatic carbocycles. The van der Waals surface area contributed by atoms with Gasteiger partial charge in [0.25, 0.3) is 5.91 Å². The van der Waals surface area contributed by atoms with E-state index < -0.39 is 20.9 Å². The molecule has 0 aliphatic carbocycles. The first-order chi connectivity index (χ1) is 13.3. The van der Waals surface area contributed by atoms with Gasteiger partial charge in [-0.05, 0) is 75.2 Å². The summed E-state index contributed by atoms with van der Waals surface area (Å²) in [6.07, 6.45) is 0.781. The molecule has 0 aromatic heterocycles. The smallest absolute Gasteiger partial charge is 0.253 e. The lowest BCUT2D eigenvalue weighted by Crippen LogP contribution is -2.42. The maximum atomic E-state index is 13.1. The number of benzene rings is 2. The maximum absolute atomic E-state index is 13.1. The molecule has 5 nitrogen and oxygen atoms in total. The van der Waals surface area contributed by atoms with Crippen molar-refractivity contribution >= 4 is 15.7 Å². The van der Waals surface area contributed by atoms with Crippen molar-refractivity contribution in [1.29, 1.82) is 0 Å². The normalized spacial score (nSPS) is 15.6. The largest absolute Gasteiger partial charge is 0.491 e. The van der Waals surface area contributed by atoms with Crippen LogP contribution in [0.1, 0.15) is 37.0 Å². The summed E-state index contributed by atoms with van der Waals surface area (Å²) in [4.78, 5) is 14.5. The number of piperidine rings is 1. The van der Waals surface area contributed by atoms with E-state index in [1.807, 2.05) is 13.8 Å². The highest BCUT2D eigenvalue weighted by molar-refractivity contribution is 7.92. The van der Waals surface area contributed by atoms with Crippen LogP contribution in [0.2, 0.25) is 0 Å². The molecule has 0 radical (unpaired) electrons. The third-order valence-corrected chi connectivity index (χ3v) is 7.06. The van der Waals surface area contributed by atoms with Gasteiger partial charge in [-0.3, -0.25) is 4.79 Å². The average molecular weight is 405 g/mol. The van der Waals surface area contributed by atoms with Gasteiger partial charge in [-0.25, -0.2) is 12.8 Å². The quantitative estimate of drug-likeness (QED) is 0.712. The number of hydrogen-bond donors (Lipinski definition) is 0. The van der Waals surface area contributed by atoms with Gasteiger partial charge in [0.05, 0.1) is 16.2 Å². The number of amides is 1. The predicted molar refractivity (Wildman–Crippen MR) is 105 cm³/mol. The molecule has 1 heterocycles. The number of rotatable bonds is 5. The van der Waals surface area contributed by atoms with Gasteiger partial charge in [0.2, 0.25) is 0 Å². The molecule has 0 bridgehead atoms. The maximum Gasteiger partial charge on any atom is 0.253 e. The van der Waals surface area contributed by atoms with Crippen molar-refractivity contribution in [1.82, 2.24) is 4.90 Å². The molecule has 0 spiro atoms. The Morgan fingerprint density at radius 3 is 2.14 bits per heavy atom. The van der Waals surface area contributed by atoms with Crippen molar-refractivity contribution in [2.75, 3.05) is 13.1 Å². The average Bonchev–Trinajstić information content (AvgIpc) is 2.68. The van der Waals surface area contributed by atoms with Crippen molar-refractivity contribution in [2.45, 2.75) is 42.9 Å². The Balaban J connectivity index is 1.63. The second kappa shape index (κ2) is 8.31. The number of carbonyl (C=O) groups excluding carboxylic acids is 1. The molecule has 2 aromatic rings. The second-order valence-electron chi connectivity index (χ2n) is 7.18. The van der Waals surface area contributed by atoms with Gasteiger partial charge in [0.15, 0.2) is 9.84 Å². The molecule has 0 N–H and O–H groups in total. The van der Waals surface area contributed by atoms with Crippen LogP contribution in [0.3, 0.4) is 0 Å². The molecule has 0 unspecified atom stereocenters. The number of ether oxygens (including phenoxy) is 1. The van der Waals surface area contributed by atoms with Gasteiger partial charge in [-0.15, -0.1) is 0 Å². The Morgan fingerprint density at radius 2 is 1.61 bits per heavy atom. The van der Waals surface area contributed by atoms with Crippen molar-refractivity contribution in [3.8, 4) is 5.75 Å². The first-order valence-electron chi connectivity index (χ1n) is 9.33. The van der Waals surface area contributed by atoms with Crippen molar-refractivity contribution in [3.63, 3.8) is 0 Å². The lowest BCUT2D eigenvalue weighted by molar-refractivity contribution is 0.0725. The number of sulfone groups is 1. The fraction of sp³-hybridized carbons (Fsp3) is 0.381. The van der Waals surface area contributed by atoms with Crippen LogP contribution in [0.15, 0.2) is 53.4 Å². The molecule has 3 rings (SSSR count). The molecular weight excluding hydrogens is 381 g/mol.